The third kappa shape index (κ3) is 7.30. The molecule has 25 heavy (non-hydrogen) atoms. The van der Waals surface area contributed by atoms with E-state index in [1.54, 1.807) is 7.11 Å². The zero-order chi connectivity index (χ0) is 18.1. The molecular weight excluding hydrogens is 322 g/mol. The van der Waals surface area contributed by atoms with Gasteiger partial charge < -0.3 is 24.6 Å². The van der Waals surface area contributed by atoms with Crippen LogP contribution in [0.25, 0.3) is 0 Å². The normalized spacial score (nSPS) is 22.1. The summed E-state index contributed by atoms with van der Waals surface area (Å²) >= 11 is 0. The van der Waals surface area contributed by atoms with Gasteiger partial charge in [-0.15, -0.1) is 0 Å². The van der Waals surface area contributed by atoms with Crippen LogP contribution in [0, 0.1) is 5.92 Å². The number of piperidine rings is 1. The van der Waals surface area contributed by atoms with E-state index in [1.807, 2.05) is 4.90 Å². The van der Waals surface area contributed by atoms with Gasteiger partial charge in [0.25, 0.3) is 0 Å². The first-order chi connectivity index (χ1) is 12.1. The average molecular weight is 355 g/mol. The molecule has 2 rings (SSSR count). The zero-order valence-electron chi connectivity index (χ0n) is 15.7. The van der Waals surface area contributed by atoms with Crippen molar-refractivity contribution in [2.45, 2.75) is 38.7 Å². The van der Waals surface area contributed by atoms with Gasteiger partial charge in [-0.25, -0.2) is 0 Å². The van der Waals surface area contributed by atoms with Gasteiger partial charge in [0.15, 0.2) is 0 Å². The topological polar surface area (TPSA) is 71.1 Å². The van der Waals surface area contributed by atoms with Gasteiger partial charge in [0.05, 0.1) is 19.3 Å². The fourth-order valence-electron chi connectivity index (χ4n) is 3.55. The van der Waals surface area contributed by atoms with Gasteiger partial charge in [-0.1, -0.05) is 0 Å². The third-order valence-electron chi connectivity index (χ3n) is 5.09. The van der Waals surface area contributed by atoms with Gasteiger partial charge in [0.2, 0.25) is 11.8 Å². The minimum Gasteiger partial charge on any atom is -0.383 e. The minimum absolute atomic E-state index is 0.00693. The molecule has 7 nitrogen and oxygen atoms in total. The Morgan fingerprint density at radius 3 is 2.60 bits per heavy atom. The molecule has 0 saturated carbocycles. The smallest absolute Gasteiger partial charge is 0.242 e. The molecule has 0 aromatic heterocycles. The van der Waals surface area contributed by atoms with Crippen molar-refractivity contribution in [2.75, 3.05) is 59.6 Å². The number of amides is 2. The Labute approximate surface area is 151 Å². The molecule has 2 aliphatic heterocycles. The van der Waals surface area contributed by atoms with E-state index < -0.39 is 0 Å². The Bertz CT molecular complexity index is 419. The molecular formula is C18H33N3O4. The van der Waals surface area contributed by atoms with Crippen molar-refractivity contribution in [1.82, 2.24) is 15.1 Å². The molecule has 0 radical (unpaired) electrons. The quantitative estimate of drug-likeness (QED) is 0.652. The number of hydrogen-bond donors (Lipinski definition) is 1. The Morgan fingerprint density at radius 2 is 2.00 bits per heavy atom. The number of carbonyl (C=O) groups excluding carboxylic acids is 2. The second-order valence-electron chi connectivity index (χ2n) is 7.12. The molecule has 1 N–H and O–H groups in total. The molecule has 0 aliphatic carbocycles. The molecule has 0 spiro atoms. The maximum atomic E-state index is 12.5. The van der Waals surface area contributed by atoms with Crippen molar-refractivity contribution in [1.29, 1.82) is 0 Å². The molecule has 7 heteroatoms. The van der Waals surface area contributed by atoms with Crippen LogP contribution >= 0.6 is 0 Å². The molecule has 2 saturated heterocycles. The van der Waals surface area contributed by atoms with E-state index in [4.69, 9.17) is 9.47 Å². The fraction of sp³-hybridized carbons (Fsp3) is 0.889. The van der Waals surface area contributed by atoms with Crippen LogP contribution in [0.5, 0.6) is 0 Å². The second-order valence-corrected chi connectivity index (χ2v) is 7.12. The zero-order valence-corrected chi connectivity index (χ0v) is 15.7. The summed E-state index contributed by atoms with van der Waals surface area (Å²) in [7, 11) is 1.73. The fourth-order valence-corrected chi connectivity index (χ4v) is 3.55. The van der Waals surface area contributed by atoms with E-state index >= 15 is 0 Å². The number of nitrogens with zero attached hydrogens (tertiary/aromatic N) is 2. The van der Waals surface area contributed by atoms with Crippen molar-refractivity contribution in [2.24, 2.45) is 5.92 Å². The van der Waals surface area contributed by atoms with Crippen LogP contribution in [0.15, 0.2) is 0 Å². The van der Waals surface area contributed by atoms with E-state index in [-0.39, 0.29) is 24.5 Å². The van der Waals surface area contributed by atoms with Crippen LogP contribution in [0.2, 0.25) is 0 Å². The lowest BCUT2D eigenvalue weighted by atomic mass is 9.96. The third-order valence-corrected chi connectivity index (χ3v) is 5.09. The molecule has 0 aromatic carbocycles. The van der Waals surface area contributed by atoms with E-state index in [0.717, 1.165) is 65.1 Å². The van der Waals surface area contributed by atoms with Gasteiger partial charge in [-0.3, -0.25) is 9.59 Å². The summed E-state index contributed by atoms with van der Waals surface area (Å²) in [6.07, 6.45) is 4.41. The lowest BCUT2D eigenvalue weighted by Gasteiger charge is -2.35. The molecule has 2 aliphatic rings. The van der Waals surface area contributed by atoms with E-state index in [9.17, 15) is 9.59 Å². The van der Waals surface area contributed by atoms with Gasteiger partial charge in [0, 0.05) is 40.3 Å². The van der Waals surface area contributed by atoms with Gasteiger partial charge in [0.1, 0.15) is 0 Å². The lowest BCUT2D eigenvalue weighted by Crippen LogP contribution is -2.47. The van der Waals surface area contributed by atoms with Crippen LogP contribution in [0.1, 0.15) is 32.6 Å². The van der Waals surface area contributed by atoms with Crippen LogP contribution in [-0.2, 0) is 19.1 Å². The maximum Gasteiger partial charge on any atom is 0.242 e. The molecule has 0 bridgehead atoms. The number of hydrogen-bond acceptors (Lipinski definition) is 5. The van der Waals surface area contributed by atoms with Crippen LogP contribution < -0.4 is 5.32 Å². The van der Waals surface area contributed by atoms with Crippen LogP contribution in [0.3, 0.4) is 0 Å². The lowest BCUT2D eigenvalue weighted by molar-refractivity contribution is -0.134. The highest BCUT2D eigenvalue weighted by Gasteiger charge is 2.27. The Morgan fingerprint density at radius 1 is 1.24 bits per heavy atom. The van der Waals surface area contributed by atoms with Crippen molar-refractivity contribution < 1.29 is 19.1 Å². The minimum atomic E-state index is -0.170. The van der Waals surface area contributed by atoms with Crippen molar-refractivity contribution >= 4 is 11.8 Å². The summed E-state index contributed by atoms with van der Waals surface area (Å²) in [6, 6.07) is 0. The van der Waals surface area contributed by atoms with Crippen LogP contribution in [0.4, 0.5) is 0 Å². The van der Waals surface area contributed by atoms with Gasteiger partial charge >= 0.3 is 0 Å². The standard InChI is InChI=1S/C18H33N3O4/c1-15(22)19-12-18(23)21(14-17-4-3-10-25-17)13-16-5-7-20(8-6-16)9-11-24-2/h16-17H,3-14H2,1-2H3,(H,19,22)/t17-/m1/s1. The Kier molecular flexibility index (Phi) is 8.64. The summed E-state index contributed by atoms with van der Waals surface area (Å²) in [5.74, 6) is 0.339. The Balaban J connectivity index is 1.82. The molecule has 2 amide bonds. The highest BCUT2D eigenvalue weighted by Crippen LogP contribution is 2.20. The molecule has 0 aromatic rings. The number of rotatable bonds is 9. The Hall–Kier alpha value is -1.18. The molecule has 144 valence electrons. The van der Waals surface area contributed by atoms with Crippen molar-refractivity contribution in [3.05, 3.63) is 0 Å². The maximum absolute atomic E-state index is 12.5. The first-order valence-corrected chi connectivity index (χ1v) is 9.43. The van der Waals surface area contributed by atoms with Gasteiger partial charge in [-0.2, -0.15) is 0 Å². The monoisotopic (exact) mass is 355 g/mol. The highest BCUT2D eigenvalue weighted by atomic mass is 16.5. The number of likely N-dealkylation sites (tertiary alicyclic amines) is 1. The van der Waals surface area contributed by atoms with Crippen molar-refractivity contribution in [3.8, 4) is 0 Å². The average Bonchev–Trinajstić information content (AvgIpc) is 3.11. The van der Waals surface area contributed by atoms with E-state index in [2.05, 4.69) is 10.2 Å². The summed E-state index contributed by atoms with van der Waals surface area (Å²) in [6.45, 7) is 7.57. The largest absolute Gasteiger partial charge is 0.383 e. The first-order valence-electron chi connectivity index (χ1n) is 9.43. The summed E-state index contributed by atoms with van der Waals surface area (Å²) < 4.78 is 10.9. The van der Waals surface area contributed by atoms with Crippen LogP contribution in [-0.4, -0.2) is 87.3 Å². The molecule has 1 atom stereocenters. The molecule has 2 heterocycles. The highest BCUT2D eigenvalue weighted by molar-refractivity contribution is 5.83. The summed E-state index contributed by atoms with van der Waals surface area (Å²) in [5.41, 5.74) is 0. The number of methoxy groups -OCH3 is 1. The summed E-state index contributed by atoms with van der Waals surface area (Å²) in [5, 5.41) is 2.63. The first kappa shape index (κ1) is 20.1. The number of nitrogens with one attached hydrogen (secondary N) is 1. The predicted molar refractivity (Wildman–Crippen MR) is 95.3 cm³/mol. The van der Waals surface area contributed by atoms with E-state index in [0.29, 0.717) is 12.5 Å². The second kappa shape index (κ2) is 10.7. The number of carbonyl (C=O) groups is 2. The predicted octanol–water partition coefficient (Wildman–Crippen LogP) is 0.489. The SMILES string of the molecule is COCCN1CCC(CN(C[C@H]2CCCO2)C(=O)CNC(C)=O)CC1. The number of ether oxygens (including phenoxy) is 2. The van der Waals surface area contributed by atoms with Gasteiger partial charge in [-0.05, 0) is 44.7 Å². The van der Waals surface area contributed by atoms with Crippen molar-refractivity contribution in [3.63, 3.8) is 0 Å². The molecule has 2 fully saturated rings. The molecule has 0 unspecified atom stereocenters. The summed E-state index contributed by atoms with van der Waals surface area (Å²) in [4.78, 5) is 28.0. The van der Waals surface area contributed by atoms with E-state index in [1.165, 1.54) is 6.92 Å².